The van der Waals surface area contributed by atoms with Crippen molar-refractivity contribution in [3.8, 4) is 0 Å². The molecule has 130 valence electrons. The average molecular weight is 320 g/mol. The minimum absolute atomic E-state index is 0.262. The quantitative estimate of drug-likeness (QED) is 0.223. The third kappa shape index (κ3) is 17.1. The molecule has 0 saturated heterocycles. The lowest BCUT2D eigenvalue weighted by Crippen LogP contribution is -2.14. The molecule has 0 bridgehead atoms. The zero-order chi connectivity index (χ0) is 16.3. The first kappa shape index (κ1) is 21.0. The number of hydrogen-bond acceptors (Lipinski definition) is 7. The number of rotatable bonds is 17. The third-order valence-corrected chi connectivity index (χ3v) is 2.40. The van der Waals surface area contributed by atoms with Crippen molar-refractivity contribution in [2.75, 3.05) is 73.2 Å². The molecule has 0 aromatic carbocycles. The van der Waals surface area contributed by atoms with Crippen LogP contribution in [0.4, 0.5) is 0 Å². The van der Waals surface area contributed by atoms with Crippen LogP contribution < -0.4 is 0 Å². The van der Waals surface area contributed by atoms with Crippen LogP contribution in [0.15, 0.2) is 12.7 Å². The largest absolute Gasteiger partial charge is 0.469 e. The summed E-state index contributed by atoms with van der Waals surface area (Å²) < 4.78 is 30.8. The smallest absolute Gasteiger partial charge is 0.307 e. The van der Waals surface area contributed by atoms with E-state index < -0.39 is 0 Å². The van der Waals surface area contributed by atoms with E-state index in [1.807, 2.05) is 0 Å². The van der Waals surface area contributed by atoms with Crippen LogP contribution >= 0.6 is 0 Å². The molecule has 0 amide bonds. The van der Waals surface area contributed by atoms with Crippen LogP contribution in [-0.4, -0.2) is 79.1 Å². The molecule has 7 nitrogen and oxygen atoms in total. The van der Waals surface area contributed by atoms with Crippen LogP contribution in [0.25, 0.3) is 0 Å². The summed E-state index contributed by atoms with van der Waals surface area (Å²) in [6.45, 7) is 8.56. The van der Waals surface area contributed by atoms with Gasteiger partial charge < -0.3 is 28.4 Å². The van der Waals surface area contributed by atoms with Crippen molar-refractivity contribution in [2.45, 2.75) is 6.42 Å². The zero-order valence-corrected chi connectivity index (χ0v) is 13.4. The van der Waals surface area contributed by atoms with Gasteiger partial charge in [-0.15, -0.1) is 6.58 Å². The second-order valence-electron chi connectivity index (χ2n) is 4.14. The van der Waals surface area contributed by atoms with Gasteiger partial charge in [-0.2, -0.15) is 0 Å². The zero-order valence-electron chi connectivity index (χ0n) is 13.4. The Hall–Kier alpha value is -0.990. The second kappa shape index (κ2) is 18.1. The van der Waals surface area contributed by atoms with Crippen LogP contribution in [0.1, 0.15) is 6.42 Å². The van der Waals surface area contributed by atoms with Crippen molar-refractivity contribution in [1.29, 1.82) is 0 Å². The highest BCUT2D eigenvalue weighted by Gasteiger charge is 1.99. The molecule has 0 unspecified atom stereocenters. The van der Waals surface area contributed by atoms with Gasteiger partial charge in [0.05, 0.1) is 79.6 Å². The Morgan fingerprint density at radius 3 is 1.59 bits per heavy atom. The minimum Gasteiger partial charge on any atom is -0.469 e. The molecule has 0 aromatic heterocycles. The predicted octanol–water partition coefficient (Wildman–Crippen LogP) is 0.819. The van der Waals surface area contributed by atoms with Gasteiger partial charge in [0, 0.05) is 0 Å². The summed E-state index contributed by atoms with van der Waals surface area (Å²) in [6.07, 6.45) is 1.96. The minimum atomic E-state index is -0.274. The van der Waals surface area contributed by atoms with Crippen molar-refractivity contribution in [3.63, 3.8) is 0 Å². The Bertz CT molecular complexity index is 258. The van der Waals surface area contributed by atoms with E-state index in [0.717, 1.165) is 0 Å². The fraction of sp³-hybridized carbons (Fsp3) is 0.800. The maximum atomic E-state index is 10.8. The highest BCUT2D eigenvalue weighted by Crippen LogP contribution is 1.87. The fourth-order valence-corrected chi connectivity index (χ4v) is 1.30. The van der Waals surface area contributed by atoms with E-state index in [1.54, 1.807) is 6.08 Å². The maximum Gasteiger partial charge on any atom is 0.307 e. The molecule has 0 aliphatic rings. The molecule has 22 heavy (non-hydrogen) atoms. The molecule has 0 aliphatic heterocycles. The van der Waals surface area contributed by atoms with E-state index in [-0.39, 0.29) is 12.4 Å². The summed E-state index contributed by atoms with van der Waals surface area (Å²) in [5, 5.41) is 0. The lowest BCUT2D eigenvalue weighted by atomic mass is 10.5. The first-order valence-corrected chi connectivity index (χ1v) is 7.37. The summed E-state index contributed by atoms with van der Waals surface area (Å²) in [6, 6.07) is 0. The van der Waals surface area contributed by atoms with Crippen molar-refractivity contribution in [1.82, 2.24) is 0 Å². The number of hydrogen-bond donors (Lipinski definition) is 0. The van der Waals surface area contributed by atoms with Crippen LogP contribution in [0, 0.1) is 0 Å². The topological polar surface area (TPSA) is 72.5 Å². The Kier molecular flexibility index (Phi) is 17.2. The molecular formula is C15H28O7. The standard InChI is InChI=1S/C15H28O7/c1-3-5-18-7-9-20-11-13-22-14-12-21-10-8-19-6-4-15(16)17-2/h3H,1,4-14H2,2H3. The molecule has 7 heteroatoms. The number of methoxy groups -OCH3 is 1. The first-order valence-electron chi connectivity index (χ1n) is 7.37. The number of ether oxygens (including phenoxy) is 6. The van der Waals surface area contributed by atoms with Crippen LogP contribution in [-0.2, 0) is 33.2 Å². The molecule has 0 atom stereocenters. The first-order chi connectivity index (χ1) is 10.8. The number of carbonyl (C=O) groups is 1. The van der Waals surface area contributed by atoms with Gasteiger partial charge in [0.15, 0.2) is 0 Å². The molecule has 0 rings (SSSR count). The third-order valence-electron chi connectivity index (χ3n) is 2.40. The average Bonchev–Trinajstić information content (AvgIpc) is 2.54. The van der Waals surface area contributed by atoms with Crippen molar-refractivity contribution >= 4 is 5.97 Å². The number of esters is 1. The SMILES string of the molecule is C=CCOCCOCCOCCOCCOCCC(=O)OC. The van der Waals surface area contributed by atoms with Gasteiger partial charge in [-0.3, -0.25) is 4.79 Å². The molecule has 0 N–H and O–H groups in total. The van der Waals surface area contributed by atoms with E-state index in [9.17, 15) is 4.79 Å². The molecule has 0 heterocycles. The van der Waals surface area contributed by atoms with E-state index in [0.29, 0.717) is 66.1 Å². The molecular weight excluding hydrogens is 292 g/mol. The van der Waals surface area contributed by atoms with Gasteiger partial charge in [-0.1, -0.05) is 6.08 Å². The van der Waals surface area contributed by atoms with Gasteiger partial charge in [0.1, 0.15) is 0 Å². The summed E-state index contributed by atoms with van der Waals surface area (Å²) >= 11 is 0. The molecule has 0 aromatic rings. The fourth-order valence-electron chi connectivity index (χ4n) is 1.30. The van der Waals surface area contributed by atoms with Gasteiger partial charge in [0.25, 0.3) is 0 Å². The highest BCUT2D eigenvalue weighted by molar-refractivity contribution is 5.69. The van der Waals surface area contributed by atoms with Crippen LogP contribution in [0.3, 0.4) is 0 Å². The Labute approximate surface area is 132 Å². The Morgan fingerprint density at radius 1 is 0.773 bits per heavy atom. The van der Waals surface area contributed by atoms with Gasteiger partial charge in [-0.25, -0.2) is 0 Å². The van der Waals surface area contributed by atoms with Crippen molar-refractivity contribution in [2.24, 2.45) is 0 Å². The summed E-state index contributed by atoms with van der Waals surface area (Å²) in [7, 11) is 1.35. The highest BCUT2D eigenvalue weighted by atomic mass is 16.6. The number of carbonyl (C=O) groups excluding carboxylic acids is 1. The monoisotopic (exact) mass is 320 g/mol. The van der Waals surface area contributed by atoms with E-state index in [1.165, 1.54) is 7.11 Å². The lowest BCUT2D eigenvalue weighted by molar-refractivity contribution is -0.141. The Balaban J connectivity index is 2.99. The molecule has 0 aliphatic carbocycles. The van der Waals surface area contributed by atoms with Gasteiger partial charge in [-0.05, 0) is 0 Å². The summed E-state index contributed by atoms with van der Waals surface area (Å²) in [5.41, 5.74) is 0. The van der Waals surface area contributed by atoms with Crippen LogP contribution in [0.5, 0.6) is 0 Å². The maximum absolute atomic E-state index is 10.8. The van der Waals surface area contributed by atoms with Gasteiger partial charge in [0.2, 0.25) is 0 Å². The molecule has 0 fully saturated rings. The normalized spacial score (nSPS) is 10.6. The van der Waals surface area contributed by atoms with Gasteiger partial charge >= 0.3 is 5.97 Å². The van der Waals surface area contributed by atoms with Crippen molar-refractivity contribution < 1.29 is 33.2 Å². The van der Waals surface area contributed by atoms with Crippen molar-refractivity contribution in [3.05, 3.63) is 12.7 Å². The molecule has 0 radical (unpaired) electrons. The lowest BCUT2D eigenvalue weighted by Gasteiger charge is -2.07. The van der Waals surface area contributed by atoms with Crippen LogP contribution in [0.2, 0.25) is 0 Å². The second-order valence-corrected chi connectivity index (χ2v) is 4.14. The van der Waals surface area contributed by atoms with E-state index >= 15 is 0 Å². The summed E-state index contributed by atoms with van der Waals surface area (Å²) in [5.74, 6) is -0.274. The molecule has 0 spiro atoms. The summed E-state index contributed by atoms with van der Waals surface area (Å²) in [4.78, 5) is 10.8. The van der Waals surface area contributed by atoms with E-state index in [4.69, 9.17) is 23.7 Å². The Morgan fingerprint density at radius 2 is 1.18 bits per heavy atom. The van der Waals surface area contributed by atoms with E-state index in [2.05, 4.69) is 11.3 Å². The molecule has 0 saturated carbocycles. The predicted molar refractivity (Wildman–Crippen MR) is 80.9 cm³/mol.